The molecule has 16 nitrogen and oxygen atoms in total. The average Bonchev–Trinajstić information content (AvgIpc) is 3.33. The number of hydrogen-bond acceptors (Lipinski definition) is 11. The number of imide groups is 1. The molecule has 42 heavy (non-hydrogen) atoms. The van der Waals surface area contributed by atoms with Crippen molar-refractivity contribution < 1.29 is 76.6 Å². The van der Waals surface area contributed by atoms with E-state index in [0.717, 1.165) is 30.6 Å². The number of ether oxygens (including phenoxy) is 1. The molecule has 0 radical (unpaired) electrons. The van der Waals surface area contributed by atoms with Crippen molar-refractivity contribution in [3.8, 4) is 0 Å². The van der Waals surface area contributed by atoms with Crippen LogP contribution in [0.3, 0.4) is 0 Å². The molecular weight excluding hydrogens is 607 g/mol. The van der Waals surface area contributed by atoms with Crippen molar-refractivity contribution in [3.05, 3.63) is 47.4 Å². The number of aliphatic carboxylic acids is 1. The van der Waals surface area contributed by atoms with Crippen molar-refractivity contribution in [2.45, 2.75) is 36.6 Å². The minimum atomic E-state index is -4.15. The van der Waals surface area contributed by atoms with Crippen LogP contribution in [0.15, 0.2) is 41.8 Å². The van der Waals surface area contributed by atoms with Crippen LogP contribution in [0.4, 0.5) is 9.59 Å². The third kappa shape index (κ3) is 6.28. The number of thioether (sulfide) groups is 1. The smallest absolute Gasteiger partial charge is 0.543 e. The van der Waals surface area contributed by atoms with E-state index in [0.29, 0.717) is 9.21 Å². The molecule has 220 valence electrons. The van der Waals surface area contributed by atoms with E-state index < -0.39 is 74.4 Å². The fourth-order valence-corrected chi connectivity index (χ4v) is 6.68. The molecule has 0 aliphatic carbocycles. The van der Waals surface area contributed by atoms with Crippen LogP contribution in [0.1, 0.15) is 25.5 Å². The number of nitrogens with one attached hydrogen (secondary N) is 3. The first kappa shape index (κ1) is 33.3. The quantitative estimate of drug-likeness (QED) is 0.140. The van der Waals surface area contributed by atoms with Crippen molar-refractivity contribution in [2.75, 3.05) is 20.1 Å². The van der Waals surface area contributed by atoms with Crippen LogP contribution in [0.5, 0.6) is 0 Å². The van der Waals surface area contributed by atoms with E-state index in [4.69, 9.17) is 4.74 Å². The molecule has 4 rings (SSSR count). The van der Waals surface area contributed by atoms with Crippen molar-refractivity contribution in [1.29, 1.82) is 0 Å². The zero-order chi connectivity index (χ0) is 30.2. The third-order valence-corrected chi connectivity index (χ3v) is 9.22. The molecule has 3 heterocycles. The molecule has 0 saturated carbocycles. The topological polar surface area (TPSA) is 215 Å². The number of esters is 1. The summed E-state index contributed by atoms with van der Waals surface area (Å²) in [7, 11) is -3.05. The van der Waals surface area contributed by atoms with Crippen LogP contribution in [-0.4, -0.2) is 95.1 Å². The van der Waals surface area contributed by atoms with E-state index in [2.05, 4.69) is 10.6 Å². The van der Waals surface area contributed by atoms with Crippen molar-refractivity contribution >= 4 is 57.8 Å². The van der Waals surface area contributed by atoms with E-state index in [1.165, 1.54) is 12.1 Å². The van der Waals surface area contributed by atoms with Gasteiger partial charge in [-0.2, -0.15) is 8.42 Å². The molecular formula is C23H25N6NaO10S2. The molecule has 3 aliphatic heterocycles. The Bertz CT molecular complexity index is 1460. The van der Waals surface area contributed by atoms with E-state index in [9.17, 15) is 42.3 Å². The number of rotatable bonds is 8. The number of carboxylic acid groups (broad SMARTS) is 1. The summed E-state index contributed by atoms with van der Waals surface area (Å²) in [5.41, 5.74) is -0.334. The summed E-state index contributed by atoms with van der Waals surface area (Å²) in [6.07, 6.45) is 0. The summed E-state index contributed by atoms with van der Waals surface area (Å²) in [6.45, 7) is 2.06. The van der Waals surface area contributed by atoms with Gasteiger partial charge >= 0.3 is 57.8 Å². The van der Waals surface area contributed by atoms with Gasteiger partial charge in [-0.3, -0.25) is 19.3 Å². The van der Waals surface area contributed by atoms with Gasteiger partial charge in [0.15, 0.2) is 0 Å². The largest absolute Gasteiger partial charge is 1.00 e. The van der Waals surface area contributed by atoms with Crippen LogP contribution >= 0.6 is 11.8 Å². The van der Waals surface area contributed by atoms with Gasteiger partial charge in [0.2, 0.25) is 5.91 Å². The van der Waals surface area contributed by atoms with Crippen molar-refractivity contribution in [3.63, 3.8) is 0 Å². The number of benzene rings is 1. The van der Waals surface area contributed by atoms with E-state index in [1.807, 2.05) is 4.72 Å². The van der Waals surface area contributed by atoms with E-state index >= 15 is 0 Å². The Morgan fingerprint density at radius 3 is 2.33 bits per heavy atom. The van der Waals surface area contributed by atoms with Crippen LogP contribution in [0, 0.1) is 0 Å². The molecule has 0 spiro atoms. The summed E-state index contributed by atoms with van der Waals surface area (Å²) < 4.78 is 31.6. The zero-order valence-corrected chi connectivity index (χ0v) is 26.5. The first-order valence-electron chi connectivity index (χ1n) is 12.1. The van der Waals surface area contributed by atoms with Crippen LogP contribution < -0.4 is 50.0 Å². The second-order valence-electron chi connectivity index (χ2n) is 8.97. The monoisotopic (exact) mass is 632 g/mol. The number of β-lactam (4-membered cyclic amide) rings is 1. The molecule has 1 aromatic rings. The second-order valence-corrected chi connectivity index (χ2v) is 12.2. The maximum absolute atomic E-state index is 13.4. The summed E-state index contributed by atoms with van der Waals surface area (Å²) in [5.74, 6) is -4.45. The van der Waals surface area contributed by atoms with Gasteiger partial charge in [-0.05, 0) is 12.5 Å². The van der Waals surface area contributed by atoms with Gasteiger partial charge in [0.1, 0.15) is 28.9 Å². The predicted octanol–water partition coefficient (Wildman–Crippen LogP) is -5.04. The summed E-state index contributed by atoms with van der Waals surface area (Å²) in [4.78, 5) is 76.9. The maximum atomic E-state index is 13.4. The minimum absolute atomic E-state index is 0. The number of urea groups is 2. The van der Waals surface area contributed by atoms with Crippen LogP contribution in [0.2, 0.25) is 0 Å². The van der Waals surface area contributed by atoms with Crippen LogP contribution in [0.25, 0.3) is 0 Å². The zero-order valence-electron chi connectivity index (χ0n) is 22.9. The van der Waals surface area contributed by atoms with Gasteiger partial charge < -0.3 is 25.3 Å². The fourth-order valence-electron chi connectivity index (χ4n) is 4.46. The number of carbonyl (C=O) groups excluding carboxylic acids is 6. The van der Waals surface area contributed by atoms with Gasteiger partial charge in [-0.15, -0.1) is 11.8 Å². The third-order valence-electron chi connectivity index (χ3n) is 6.40. The molecule has 2 unspecified atom stereocenters. The van der Waals surface area contributed by atoms with Gasteiger partial charge in [0.05, 0.1) is 24.3 Å². The number of hydrogen-bond donors (Lipinski definition) is 3. The van der Waals surface area contributed by atoms with Crippen LogP contribution in [-0.2, 0) is 34.1 Å². The minimum Gasteiger partial charge on any atom is -0.543 e. The normalized spacial score (nSPS) is 22.5. The molecule has 1 aromatic carbocycles. The van der Waals surface area contributed by atoms with Crippen molar-refractivity contribution in [1.82, 2.24) is 29.5 Å². The molecule has 6 amide bonds. The van der Waals surface area contributed by atoms with Gasteiger partial charge in [-0.1, -0.05) is 30.3 Å². The molecule has 4 atom stereocenters. The maximum Gasteiger partial charge on any atom is 1.00 e. The first-order valence-corrected chi connectivity index (χ1v) is 14.5. The van der Waals surface area contributed by atoms with E-state index in [-0.39, 0.29) is 54.0 Å². The first-order chi connectivity index (χ1) is 19.3. The number of nitrogens with zero attached hydrogens (tertiary/aromatic N) is 3. The molecule has 3 aliphatic rings. The van der Waals surface area contributed by atoms with Gasteiger partial charge in [0, 0.05) is 14.0 Å². The molecule has 0 bridgehead atoms. The molecule has 2 saturated heterocycles. The van der Waals surface area contributed by atoms with Gasteiger partial charge in [-0.25, -0.2) is 23.5 Å². The standard InChI is InChI=1S/C23H26N6O10S2.Na/c1-11-17(39-12(2)30)16(21(33)34)29-19(32)15(20(29)40-11)25-18(31)14(13-7-5-4-6-8-13)26-22(35)27-9-10-28(23(27)36)41(37,38)24-3;/h4-8,11,14-15,20,24H,9-10H2,1-3H3,(H,25,31)(H,26,35)(H,33,34);/q;+1/p-1/t11?,14-,15?,20-;/m1./s1. The summed E-state index contributed by atoms with van der Waals surface area (Å²) in [6, 6.07) is 3.06. The molecule has 19 heteroatoms. The Balaban J connectivity index is 0.00000484. The number of fused-ring (bicyclic) bond motifs is 1. The van der Waals surface area contributed by atoms with E-state index in [1.54, 1.807) is 25.1 Å². The second kappa shape index (κ2) is 13.0. The Kier molecular flexibility index (Phi) is 10.3. The SMILES string of the molecule is CNS(=O)(=O)N1CCN(C(=O)N[C@@H](C(=O)NC2C(=O)N3C(C(=O)[O-])=C(OC(C)=O)C(C)S[C@H]23)c2ccccc2)C1=O.[Na+]. The average molecular weight is 633 g/mol. The Morgan fingerprint density at radius 1 is 1.12 bits per heavy atom. The number of carboxylic acids is 1. The Hall–Kier alpha value is -3.16. The molecule has 0 aromatic heterocycles. The predicted molar refractivity (Wildman–Crippen MR) is 138 cm³/mol. The number of carbonyl (C=O) groups is 6. The summed E-state index contributed by atoms with van der Waals surface area (Å²) in [5, 5.41) is 15.2. The Morgan fingerprint density at radius 2 is 1.76 bits per heavy atom. The van der Waals surface area contributed by atoms with Gasteiger partial charge in [0.25, 0.3) is 5.91 Å². The fraction of sp³-hybridized carbons (Fsp3) is 0.391. The summed E-state index contributed by atoms with van der Waals surface area (Å²) >= 11 is 1.06. The van der Waals surface area contributed by atoms with Crippen molar-refractivity contribution in [2.24, 2.45) is 0 Å². The molecule has 2 fully saturated rings. The Labute approximate surface area is 266 Å². The number of amides is 6. The molecule has 3 N–H and O–H groups in total.